The molecule has 1 heterocycles. The minimum Gasteiger partial charge on any atom is -0.376 e. The smallest absolute Gasteiger partial charge is 0.246 e. The fourth-order valence-corrected chi connectivity index (χ4v) is 3.69. The number of hydrogen-bond acceptors (Lipinski definition) is 6. The van der Waals surface area contributed by atoms with Gasteiger partial charge < -0.3 is 9.84 Å². The molecular formula is C19H19ClN4O3S. The third-order valence-corrected chi connectivity index (χ3v) is 6.05. The molecule has 0 aliphatic carbocycles. The number of anilines is 1. The molecule has 146 valence electrons. The molecular weight excluding hydrogens is 400 g/mol. The van der Waals surface area contributed by atoms with Crippen molar-refractivity contribution >= 4 is 27.3 Å². The molecule has 0 aliphatic rings. The SMILES string of the molecule is C=CCN(C)S(=O)(=O)c1ccc(NCc2nc(-c3ccc(Cl)cc3)no2)cc1. The molecule has 2 aromatic carbocycles. The zero-order valence-electron chi connectivity index (χ0n) is 15.2. The van der Waals surface area contributed by atoms with E-state index in [0.29, 0.717) is 23.3 Å². The van der Waals surface area contributed by atoms with Gasteiger partial charge in [0, 0.05) is 29.9 Å². The zero-order chi connectivity index (χ0) is 20.1. The first-order chi connectivity index (χ1) is 13.4. The molecule has 3 rings (SSSR count). The Morgan fingerprint density at radius 2 is 1.86 bits per heavy atom. The maximum Gasteiger partial charge on any atom is 0.246 e. The van der Waals surface area contributed by atoms with Gasteiger partial charge in [0.2, 0.25) is 21.7 Å². The Kier molecular flexibility index (Phi) is 6.13. The van der Waals surface area contributed by atoms with Crippen LogP contribution in [0, 0.1) is 0 Å². The van der Waals surface area contributed by atoms with Gasteiger partial charge in [0.25, 0.3) is 0 Å². The van der Waals surface area contributed by atoms with Crippen LogP contribution in [0.5, 0.6) is 0 Å². The average molecular weight is 419 g/mol. The van der Waals surface area contributed by atoms with Crippen molar-refractivity contribution in [1.29, 1.82) is 0 Å². The van der Waals surface area contributed by atoms with Gasteiger partial charge >= 0.3 is 0 Å². The number of likely N-dealkylation sites (N-methyl/N-ethyl adjacent to an activating group) is 1. The molecule has 9 heteroatoms. The molecule has 0 saturated carbocycles. The Bertz CT molecular complexity index is 1050. The average Bonchev–Trinajstić information content (AvgIpc) is 3.16. The van der Waals surface area contributed by atoms with Crippen LogP contribution >= 0.6 is 11.6 Å². The van der Waals surface area contributed by atoms with Crippen molar-refractivity contribution in [2.45, 2.75) is 11.4 Å². The third-order valence-electron chi connectivity index (χ3n) is 3.96. The van der Waals surface area contributed by atoms with Crippen LogP contribution in [0.4, 0.5) is 5.69 Å². The van der Waals surface area contributed by atoms with Gasteiger partial charge in [-0.1, -0.05) is 22.8 Å². The minimum atomic E-state index is -3.53. The van der Waals surface area contributed by atoms with Gasteiger partial charge in [0.1, 0.15) is 0 Å². The lowest BCUT2D eigenvalue weighted by Crippen LogP contribution is -2.26. The summed E-state index contributed by atoms with van der Waals surface area (Å²) in [5, 5.41) is 7.71. The molecule has 0 radical (unpaired) electrons. The molecule has 0 aliphatic heterocycles. The van der Waals surface area contributed by atoms with E-state index in [1.54, 1.807) is 36.4 Å². The zero-order valence-corrected chi connectivity index (χ0v) is 16.7. The Morgan fingerprint density at radius 1 is 1.18 bits per heavy atom. The molecule has 7 nitrogen and oxygen atoms in total. The summed E-state index contributed by atoms with van der Waals surface area (Å²) in [5.74, 6) is 0.882. The van der Waals surface area contributed by atoms with E-state index >= 15 is 0 Å². The quantitative estimate of drug-likeness (QED) is 0.559. The predicted molar refractivity (Wildman–Crippen MR) is 109 cm³/mol. The fraction of sp³-hybridized carbons (Fsp3) is 0.158. The fourth-order valence-electron chi connectivity index (χ4n) is 2.43. The molecule has 0 atom stereocenters. The van der Waals surface area contributed by atoms with Crippen molar-refractivity contribution in [2.24, 2.45) is 0 Å². The largest absolute Gasteiger partial charge is 0.376 e. The van der Waals surface area contributed by atoms with Crippen LogP contribution in [0.25, 0.3) is 11.4 Å². The van der Waals surface area contributed by atoms with Gasteiger partial charge in [-0.15, -0.1) is 6.58 Å². The van der Waals surface area contributed by atoms with E-state index in [4.69, 9.17) is 16.1 Å². The number of sulfonamides is 1. The number of aromatic nitrogens is 2. The molecule has 28 heavy (non-hydrogen) atoms. The van der Waals surface area contributed by atoms with Crippen LogP contribution in [0.15, 0.2) is 70.6 Å². The number of halogens is 1. The van der Waals surface area contributed by atoms with Crippen LogP contribution in [0.2, 0.25) is 5.02 Å². The topological polar surface area (TPSA) is 88.3 Å². The van der Waals surface area contributed by atoms with Crippen molar-refractivity contribution in [2.75, 3.05) is 18.9 Å². The van der Waals surface area contributed by atoms with Crippen LogP contribution in [0.3, 0.4) is 0 Å². The molecule has 3 aromatic rings. The van der Waals surface area contributed by atoms with E-state index in [1.807, 2.05) is 12.1 Å². The van der Waals surface area contributed by atoms with Crippen LogP contribution in [-0.4, -0.2) is 36.5 Å². The van der Waals surface area contributed by atoms with Gasteiger partial charge in [-0.25, -0.2) is 8.42 Å². The van der Waals surface area contributed by atoms with Crippen molar-refractivity contribution in [1.82, 2.24) is 14.4 Å². The highest BCUT2D eigenvalue weighted by atomic mass is 35.5. The summed E-state index contributed by atoms with van der Waals surface area (Å²) in [6.45, 7) is 4.11. The second-order valence-electron chi connectivity index (χ2n) is 5.97. The Hall–Kier alpha value is -2.68. The Labute approximate surface area is 168 Å². The first-order valence-corrected chi connectivity index (χ1v) is 10.2. The predicted octanol–water partition coefficient (Wildman–Crippen LogP) is 3.81. The Morgan fingerprint density at radius 3 is 2.50 bits per heavy atom. The third kappa shape index (κ3) is 4.59. The number of nitrogens with zero attached hydrogens (tertiary/aromatic N) is 3. The van der Waals surface area contributed by atoms with Crippen LogP contribution in [-0.2, 0) is 16.6 Å². The van der Waals surface area contributed by atoms with E-state index < -0.39 is 10.0 Å². The van der Waals surface area contributed by atoms with Crippen molar-refractivity contribution in [3.8, 4) is 11.4 Å². The lowest BCUT2D eigenvalue weighted by molar-refractivity contribution is 0.384. The summed E-state index contributed by atoms with van der Waals surface area (Å²) in [6.07, 6.45) is 1.54. The maximum absolute atomic E-state index is 12.4. The lowest BCUT2D eigenvalue weighted by Gasteiger charge is -2.15. The number of rotatable bonds is 8. The molecule has 0 unspecified atom stereocenters. The summed E-state index contributed by atoms with van der Waals surface area (Å²) in [5.41, 5.74) is 1.54. The van der Waals surface area contributed by atoms with E-state index in [2.05, 4.69) is 22.0 Å². The molecule has 1 aromatic heterocycles. The van der Waals surface area contributed by atoms with Gasteiger partial charge in [-0.05, 0) is 48.5 Å². The normalized spacial score (nSPS) is 11.5. The molecule has 0 amide bonds. The standard InChI is InChI=1S/C19H19ClN4O3S/c1-3-12-24(2)28(25,26)17-10-8-16(9-11-17)21-13-18-22-19(23-27-18)14-4-6-15(20)7-5-14/h3-11,21H,1,12-13H2,2H3. The molecule has 0 fully saturated rings. The summed E-state index contributed by atoms with van der Waals surface area (Å²) in [4.78, 5) is 4.54. The molecule has 0 bridgehead atoms. The van der Waals surface area contributed by atoms with E-state index in [9.17, 15) is 8.42 Å². The first-order valence-electron chi connectivity index (χ1n) is 8.40. The summed E-state index contributed by atoms with van der Waals surface area (Å²) < 4.78 is 31.2. The van der Waals surface area contributed by atoms with Crippen molar-refractivity contribution in [3.63, 3.8) is 0 Å². The van der Waals surface area contributed by atoms with Gasteiger partial charge in [0.15, 0.2) is 0 Å². The first kappa shape index (κ1) is 20.1. The van der Waals surface area contributed by atoms with Gasteiger partial charge in [-0.2, -0.15) is 9.29 Å². The highest BCUT2D eigenvalue weighted by Gasteiger charge is 2.19. The van der Waals surface area contributed by atoms with Crippen LogP contribution < -0.4 is 5.32 Å². The van der Waals surface area contributed by atoms with E-state index in [1.165, 1.54) is 17.4 Å². The molecule has 0 saturated heterocycles. The highest BCUT2D eigenvalue weighted by molar-refractivity contribution is 7.89. The summed E-state index contributed by atoms with van der Waals surface area (Å²) in [6, 6.07) is 13.6. The van der Waals surface area contributed by atoms with Crippen LogP contribution in [0.1, 0.15) is 5.89 Å². The highest BCUT2D eigenvalue weighted by Crippen LogP contribution is 2.20. The van der Waals surface area contributed by atoms with Gasteiger partial charge in [0.05, 0.1) is 11.4 Å². The van der Waals surface area contributed by atoms with Crippen molar-refractivity contribution in [3.05, 3.63) is 72.1 Å². The van der Waals surface area contributed by atoms with Crippen molar-refractivity contribution < 1.29 is 12.9 Å². The monoisotopic (exact) mass is 418 g/mol. The number of nitrogens with one attached hydrogen (secondary N) is 1. The van der Waals surface area contributed by atoms with E-state index in [0.717, 1.165) is 11.3 Å². The summed E-state index contributed by atoms with van der Waals surface area (Å²) >= 11 is 5.88. The lowest BCUT2D eigenvalue weighted by atomic mass is 10.2. The maximum atomic E-state index is 12.4. The minimum absolute atomic E-state index is 0.213. The molecule has 1 N–H and O–H groups in total. The number of benzene rings is 2. The van der Waals surface area contributed by atoms with Gasteiger partial charge in [-0.3, -0.25) is 0 Å². The second kappa shape index (κ2) is 8.55. The van der Waals surface area contributed by atoms with E-state index in [-0.39, 0.29) is 11.4 Å². The molecule has 0 spiro atoms. The summed E-state index contributed by atoms with van der Waals surface area (Å²) in [7, 11) is -2.02. The second-order valence-corrected chi connectivity index (χ2v) is 8.45. The Balaban J connectivity index is 1.64. The number of hydrogen-bond donors (Lipinski definition) is 1.